The Morgan fingerprint density at radius 1 is 1.26 bits per heavy atom. The van der Waals surface area contributed by atoms with Crippen LogP contribution < -0.4 is 9.88 Å². The molecule has 2 aliphatic rings. The van der Waals surface area contributed by atoms with E-state index >= 15 is 0 Å². The van der Waals surface area contributed by atoms with Crippen LogP contribution >= 0.6 is 23.1 Å². The summed E-state index contributed by atoms with van der Waals surface area (Å²) in [5.74, 6) is 1.07. The van der Waals surface area contributed by atoms with Gasteiger partial charge in [0, 0.05) is 25.1 Å². The number of fused-ring (bicyclic) bond motifs is 5. The summed E-state index contributed by atoms with van der Waals surface area (Å²) in [5, 5.41) is 2.36. The van der Waals surface area contributed by atoms with Crippen molar-refractivity contribution in [1.29, 1.82) is 0 Å². The molecule has 142 valence electrons. The van der Waals surface area contributed by atoms with Crippen molar-refractivity contribution in [3.05, 3.63) is 17.5 Å². The van der Waals surface area contributed by atoms with Crippen LogP contribution in [-0.4, -0.2) is 48.1 Å². The number of morpholine rings is 1. The van der Waals surface area contributed by atoms with Crippen LogP contribution in [-0.2, 0) is 22.5 Å². The molecule has 5 rings (SSSR count). The fraction of sp³-hybridized carbons (Fsp3) is 0.526. The predicted molar refractivity (Wildman–Crippen MR) is 109 cm³/mol. The molecule has 1 N–H and O–H groups in total. The van der Waals surface area contributed by atoms with E-state index in [0.717, 1.165) is 53.9 Å². The SMILES string of the molecule is CSc1[nH+]cnc2c1sc1nc(N3CCOCC3)c3c(c12)CC(C)(C)OC3. The van der Waals surface area contributed by atoms with Crippen molar-refractivity contribution < 1.29 is 14.5 Å². The molecule has 0 amide bonds. The zero-order valence-corrected chi connectivity index (χ0v) is 17.4. The van der Waals surface area contributed by atoms with Gasteiger partial charge in [-0.1, -0.05) is 11.8 Å². The summed E-state index contributed by atoms with van der Waals surface area (Å²) >= 11 is 3.46. The van der Waals surface area contributed by atoms with Crippen LogP contribution in [0.1, 0.15) is 25.0 Å². The van der Waals surface area contributed by atoms with E-state index in [4.69, 9.17) is 19.4 Å². The van der Waals surface area contributed by atoms with E-state index in [9.17, 15) is 0 Å². The van der Waals surface area contributed by atoms with Gasteiger partial charge >= 0.3 is 0 Å². The van der Waals surface area contributed by atoms with Gasteiger partial charge in [-0.05, 0) is 30.7 Å². The van der Waals surface area contributed by atoms with E-state index < -0.39 is 0 Å². The minimum absolute atomic E-state index is 0.179. The smallest absolute Gasteiger partial charge is 0.285 e. The maximum absolute atomic E-state index is 6.18. The molecule has 3 aromatic rings. The van der Waals surface area contributed by atoms with Gasteiger partial charge in [0.1, 0.15) is 15.3 Å². The van der Waals surface area contributed by atoms with Gasteiger partial charge in [0.15, 0.2) is 5.03 Å². The van der Waals surface area contributed by atoms with Crippen molar-refractivity contribution in [2.45, 2.75) is 37.5 Å². The third kappa shape index (κ3) is 2.90. The Kier molecular flexibility index (Phi) is 4.27. The number of ether oxygens (including phenoxy) is 2. The molecule has 1 saturated heterocycles. The van der Waals surface area contributed by atoms with Crippen LogP contribution in [0.4, 0.5) is 5.82 Å². The van der Waals surface area contributed by atoms with Crippen molar-refractivity contribution >= 4 is 49.3 Å². The van der Waals surface area contributed by atoms with Crippen LogP contribution in [0.15, 0.2) is 11.4 Å². The maximum Gasteiger partial charge on any atom is 0.285 e. The average Bonchev–Trinajstić information content (AvgIpc) is 3.06. The molecule has 0 spiro atoms. The largest absolute Gasteiger partial charge is 0.378 e. The standard InChI is InChI=1S/C19H22N4O2S2/c1-19(2)8-11-12(9-25-19)16(23-4-6-24-7-5-23)22-17-13(11)14-15(27-17)18(26-3)21-10-20-14/h10H,4-9H2,1-3H3/p+1. The van der Waals surface area contributed by atoms with Crippen molar-refractivity contribution in [1.82, 2.24) is 9.97 Å². The molecular weight excluding hydrogens is 380 g/mol. The van der Waals surface area contributed by atoms with Crippen LogP contribution in [0.5, 0.6) is 0 Å². The number of thiophene rings is 1. The molecule has 1 fully saturated rings. The molecule has 3 aromatic heterocycles. The molecular formula is C19H23N4O2S2+. The third-order valence-corrected chi connectivity index (χ3v) is 7.28. The second-order valence-electron chi connectivity index (χ2n) is 7.61. The van der Waals surface area contributed by atoms with E-state index in [2.05, 4.69) is 30.0 Å². The molecule has 5 heterocycles. The zero-order chi connectivity index (χ0) is 18.6. The Hall–Kier alpha value is -1.48. The first-order valence-electron chi connectivity index (χ1n) is 9.23. The van der Waals surface area contributed by atoms with E-state index in [1.54, 1.807) is 29.4 Å². The molecule has 8 heteroatoms. The van der Waals surface area contributed by atoms with Crippen molar-refractivity contribution in [2.75, 3.05) is 37.5 Å². The lowest BCUT2D eigenvalue weighted by Gasteiger charge is -2.36. The minimum Gasteiger partial charge on any atom is -0.378 e. The summed E-state index contributed by atoms with van der Waals surface area (Å²) in [6.07, 6.45) is 4.77. The number of H-pyrrole nitrogens is 1. The summed E-state index contributed by atoms with van der Waals surface area (Å²) < 4.78 is 12.9. The number of thioether (sulfide) groups is 1. The summed E-state index contributed by atoms with van der Waals surface area (Å²) in [6.45, 7) is 8.19. The lowest BCUT2D eigenvalue weighted by molar-refractivity contribution is -0.427. The summed E-state index contributed by atoms with van der Waals surface area (Å²) in [4.78, 5) is 16.5. The molecule has 0 unspecified atom stereocenters. The molecule has 0 saturated carbocycles. The quantitative estimate of drug-likeness (QED) is 0.484. The summed E-state index contributed by atoms with van der Waals surface area (Å²) in [5.41, 5.74) is 3.47. The van der Waals surface area contributed by atoms with Crippen molar-refractivity contribution in [3.63, 3.8) is 0 Å². The van der Waals surface area contributed by atoms with Gasteiger partial charge in [0.25, 0.3) is 6.33 Å². The van der Waals surface area contributed by atoms with Gasteiger partial charge in [0.2, 0.25) is 5.52 Å². The van der Waals surface area contributed by atoms with Crippen LogP contribution in [0.2, 0.25) is 0 Å². The van der Waals surface area contributed by atoms with Crippen molar-refractivity contribution in [2.24, 2.45) is 0 Å². The fourth-order valence-electron chi connectivity index (χ4n) is 3.99. The number of anilines is 1. The van der Waals surface area contributed by atoms with Gasteiger partial charge in [-0.15, -0.1) is 11.3 Å². The summed E-state index contributed by atoms with van der Waals surface area (Å²) in [6, 6.07) is 0. The molecule has 27 heavy (non-hydrogen) atoms. The fourth-order valence-corrected chi connectivity index (χ4v) is 5.87. The first-order valence-corrected chi connectivity index (χ1v) is 11.3. The topological polar surface area (TPSA) is 61.6 Å². The van der Waals surface area contributed by atoms with Gasteiger partial charge < -0.3 is 14.4 Å². The Morgan fingerprint density at radius 3 is 2.85 bits per heavy atom. The van der Waals surface area contributed by atoms with E-state index in [1.807, 2.05) is 0 Å². The number of pyridine rings is 1. The minimum atomic E-state index is -0.179. The maximum atomic E-state index is 6.18. The Balaban J connectivity index is 1.81. The van der Waals surface area contributed by atoms with E-state index in [-0.39, 0.29) is 5.60 Å². The second-order valence-corrected chi connectivity index (χ2v) is 9.43. The number of nitrogens with one attached hydrogen (secondary N) is 1. The number of aromatic nitrogens is 3. The van der Waals surface area contributed by atoms with Crippen LogP contribution in [0.25, 0.3) is 20.4 Å². The lowest BCUT2D eigenvalue weighted by Crippen LogP contribution is -2.39. The lowest BCUT2D eigenvalue weighted by atomic mass is 9.90. The molecule has 0 bridgehead atoms. The Bertz CT molecular complexity index is 1030. The van der Waals surface area contributed by atoms with Crippen molar-refractivity contribution in [3.8, 4) is 0 Å². The molecule has 0 aromatic carbocycles. The van der Waals surface area contributed by atoms with Crippen LogP contribution in [0.3, 0.4) is 0 Å². The molecule has 0 aliphatic carbocycles. The normalized spacial score (nSPS) is 19.6. The van der Waals surface area contributed by atoms with E-state index in [1.165, 1.54) is 21.2 Å². The zero-order valence-electron chi connectivity index (χ0n) is 15.8. The van der Waals surface area contributed by atoms with Gasteiger partial charge in [-0.2, -0.15) is 0 Å². The number of hydrogen-bond donors (Lipinski definition) is 0. The Morgan fingerprint density at radius 2 is 2.07 bits per heavy atom. The monoisotopic (exact) mass is 403 g/mol. The van der Waals surface area contributed by atoms with E-state index in [0.29, 0.717) is 6.61 Å². The first-order chi connectivity index (χ1) is 13.1. The third-order valence-electron chi connectivity index (χ3n) is 5.33. The molecule has 0 radical (unpaired) electrons. The number of rotatable bonds is 2. The predicted octanol–water partition coefficient (Wildman–Crippen LogP) is 3.07. The van der Waals surface area contributed by atoms with Gasteiger partial charge in [0.05, 0.1) is 30.8 Å². The van der Waals surface area contributed by atoms with Gasteiger partial charge in [-0.25, -0.2) is 9.97 Å². The second kappa shape index (κ2) is 6.55. The Labute approximate surface area is 166 Å². The highest BCUT2D eigenvalue weighted by molar-refractivity contribution is 7.98. The van der Waals surface area contributed by atoms with Crippen LogP contribution in [0, 0.1) is 0 Å². The van der Waals surface area contributed by atoms with Gasteiger partial charge in [-0.3, -0.25) is 0 Å². The molecule has 2 aliphatic heterocycles. The average molecular weight is 404 g/mol. The molecule has 0 atom stereocenters. The number of hydrogen-bond acceptors (Lipinski definition) is 7. The highest BCUT2D eigenvalue weighted by Gasteiger charge is 2.34. The highest BCUT2D eigenvalue weighted by Crippen LogP contribution is 2.43. The molecule has 6 nitrogen and oxygen atoms in total. The number of aromatic amines is 1. The highest BCUT2D eigenvalue weighted by atomic mass is 32.2. The summed E-state index contributed by atoms with van der Waals surface area (Å²) in [7, 11) is 0. The number of nitrogens with zero attached hydrogens (tertiary/aromatic N) is 3. The first kappa shape index (κ1) is 17.6.